The molecule has 2 rings (SSSR count). The van der Waals surface area contributed by atoms with Crippen molar-refractivity contribution in [2.75, 3.05) is 0 Å². The highest BCUT2D eigenvalue weighted by Gasteiger charge is 2.09. The molecule has 78 valence electrons. The fourth-order valence-electron chi connectivity index (χ4n) is 1.31. The van der Waals surface area contributed by atoms with Crippen LogP contribution in [0.5, 0.6) is 0 Å². The number of nitrogens with zero attached hydrogens (tertiary/aromatic N) is 1. The molecular weight excluding hydrogens is 218 g/mol. The summed E-state index contributed by atoms with van der Waals surface area (Å²) in [7, 11) is 0. The second kappa shape index (κ2) is 4.14. The minimum Gasteiger partial charge on any atom is -0.477 e. The van der Waals surface area contributed by atoms with Crippen molar-refractivity contribution in [2.45, 2.75) is 0 Å². The highest BCUT2D eigenvalue weighted by atomic mass is 35.5. The molecule has 0 spiro atoms. The van der Waals surface area contributed by atoms with Crippen LogP contribution in [0, 0.1) is 0 Å². The van der Waals surface area contributed by atoms with E-state index in [1.54, 1.807) is 30.5 Å². The van der Waals surface area contributed by atoms with Gasteiger partial charge in [-0.2, -0.15) is 0 Å². The number of halogens is 1. The van der Waals surface area contributed by atoms with E-state index >= 15 is 0 Å². The number of fused-ring (bicyclic) bond motifs is 1. The molecule has 2 aromatic heterocycles. The van der Waals surface area contributed by atoms with Gasteiger partial charge in [-0.25, -0.2) is 4.79 Å². The Morgan fingerprint density at radius 1 is 1.20 bits per heavy atom. The maximum Gasteiger partial charge on any atom is 0.341 e. The van der Waals surface area contributed by atoms with Crippen LogP contribution in [-0.2, 0) is 0 Å². The highest BCUT2D eigenvalue weighted by molar-refractivity contribution is 5.87. The molecule has 0 atom stereocenters. The summed E-state index contributed by atoms with van der Waals surface area (Å²) in [5.74, 6) is -1.20. The first kappa shape index (κ1) is 11.3. The smallest absolute Gasteiger partial charge is 0.341 e. The third-order valence-electron chi connectivity index (χ3n) is 1.99. The molecule has 5 heteroatoms. The van der Waals surface area contributed by atoms with Crippen LogP contribution in [0.2, 0.25) is 0 Å². The van der Waals surface area contributed by atoms with Crippen LogP contribution in [0.3, 0.4) is 0 Å². The maximum absolute atomic E-state index is 11.6. The average Bonchev–Trinajstić information content (AvgIpc) is 2.18. The quantitative estimate of drug-likeness (QED) is 0.799. The molecule has 0 aliphatic heterocycles. The zero-order valence-electron chi connectivity index (χ0n) is 7.58. The Hall–Kier alpha value is -1.81. The van der Waals surface area contributed by atoms with Crippen LogP contribution in [0.4, 0.5) is 0 Å². The number of pyridine rings is 2. The first-order valence-corrected chi connectivity index (χ1v) is 4.04. The molecular formula is C10H8ClNO3. The number of hydrogen-bond donors (Lipinski definition) is 1. The average molecular weight is 226 g/mol. The summed E-state index contributed by atoms with van der Waals surface area (Å²) >= 11 is 0. The Labute approximate surface area is 91.2 Å². The second-order valence-corrected chi connectivity index (χ2v) is 2.85. The van der Waals surface area contributed by atoms with Gasteiger partial charge in [-0.15, -0.1) is 12.4 Å². The predicted octanol–water partition coefficient (Wildman–Crippen LogP) is 1.42. The van der Waals surface area contributed by atoms with Gasteiger partial charge >= 0.3 is 5.97 Å². The first-order valence-electron chi connectivity index (χ1n) is 4.04. The normalized spacial score (nSPS) is 9.60. The molecule has 0 aliphatic carbocycles. The topological polar surface area (TPSA) is 58.8 Å². The number of aromatic nitrogens is 1. The van der Waals surface area contributed by atoms with Crippen molar-refractivity contribution in [3.8, 4) is 0 Å². The summed E-state index contributed by atoms with van der Waals surface area (Å²) in [6, 6.07) is 8.13. The number of carboxylic acids is 1. The van der Waals surface area contributed by atoms with E-state index < -0.39 is 11.5 Å². The Bertz CT molecular complexity index is 562. The molecule has 0 aromatic carbocycles. The number of carbonyl (C=O) groups is 1. The van der Waals surface area contributed by atoms with Gasteiger partial charge in [0.15, 0.2) is 0 Å². The van der Waals surface area contributed by atoms with Crippen LogP contribution in [-0.4, -0.2) is 15.5 Å². The summed E-state index contributed by atoms with van der Waals surface area (Å²) < 4.78 is 1.31. The van der Waals surface area contributed by atoms with E-state index in [2.05, 4.69) is 0 Å². The lowest BCUT2D eigenvalue weighted by Gasteiger charge is -2.00. The molecule has 4 nitrogen and oxygen atoms in total. The van der Waals surface area contributed by atoms with E-state index in [1.165, 1.54) is 10.5 Å². The van der Waals surface area contributed by atoms with Crippen molar-refractivity contribution in [3.05, 3.63) is 52.4 Å². The predicted molar refractivity (Wildman–Crippen MR) is 57.9 cm³/mol. The van der Waals surface area contributed by atoms with Crippen molar-refractivity contribution in [2.24, 2.45) is 0 Å². The van der Waals surface area contributed by atoms with Gasteiger partial charge in [-0.3, -0.25) is 9.20 Å². The Morgan fingerprint density at radius 2 is 1.93 bits per heavy atom. The molecule has 1 N–H and O–H groups in total. The summed E-state index contributed by atoms with van der Waals surface area (Å²) in [6.45, 7) is 0. The molecule has 0 saturated carbocycles. The van der Waals surface area contributed by atoms with Gasteiger partial charge in [0.25, 0.3) is 5.56 Å². The minimum atomic E-state index is -1.20. The molecule has 0 saturated heterocycles. The number of rotatable bonds is 1. The number of carboxylic acid groups (broad SMARTS) is 1. The van der Waals surface area contributed by atoms with E-state index in [9.17, 15) is 9.59 Å². The molecule has 15 heavy (non-hydrogen) atoms. The van der Waals surface area contributed by atoms with Gasteiger partial charge in [0.1, 0.15) is 5.56 Å². The van der Waals surface area contributed by atoms with Crippen LogP contribution in [0.1, 0.15) is 10.4 Å². The van der Waals surface area contributed by atoms with Crippen molar-refractivity contribution >= 4 is 23.9 Å². The molecule has 2 aromatic rings. The zero-order chi connectivity index (χ0) is 10.1. The minimum absolute atomic E-state index is 0. The summed E-state index contributed by atoms with van der Waals surface area (Å²) in [5.41, 5.74) is -0.0354. The van der Waals surface area contributed by atoms with Gasteiger partial charge in [-0.05, 0) is 24.3 Å². The lowest BCUT2D eigenvalue weighted by Crippen LogP contribution is -2.21. The molecule has 2 heterocycles. The molecule has 0 fully saturated rings. The first-order chi connectivity index (χ1) is 6.70. The Morgan fingerprint density at radius 3 is 2.60 bits per heavy atom. The largest absolute Gasteiger partial charge is 0.477 e. The molecule has 0 unspecified atom stereocenters. The standard InChI is InChI=1S/C10H7NO3.ClH/c12-9-8(10(13)14)5-4-7-3-1-2-6-11(7)9;/h1-6H,(H,13,14);1H. The third-order valence-corrected chi connectivity index (χ3v) is 1.99. The van der Waals surface area contributed by atoms with Gasteiger partial charge in [0.2, 0.25) is 0 Å². The van der Waals surface area contributed by atoms with E-state index in [0.29, 0.717) is 5.52 Å². The van der Waals surface area contributed by atoms with E-state index in [-0.39, 0.29) is 18.0 Å². The van der Waals surface area contributed by atoms with Crippen molar-refractivity contribution in [3.63, 3.8) is 0 Å². The van der Waals surface area contributed by atoms with Crippen LogP contribution in [0.15, 0.2) is 41.3 Å². The summed E-state index contributed by atoms with van der Waals surface area (Å²) in [4.78, 5) is 22.2. The van der Waals surface area contributed by atoms with Gasteiger partial charge in [0, 0.05) is 11.7 Å². The summed E-state index contributed by atoms with van der Waals surface area (Å²) in [5, 5.41) is 8.71. The lowest BCUT2D eigenvalue weighted by atomic mass is 10.2. The lowest BCUT2D eigenvalue weighted by molar-refractivity contribution is 0.0695. The van der Waals surface area contributed by atoms with Crippen LogP contribution >= 0.6 is 12.4 Å². The van der Waals surface area contributed by atoms with Crippen molar-refractivity contribution in [1.82, 2.24) is 4.40 Å². The molecule has 0 amide bonds. The van der Waals surface area contributed by atoms with Crippen LogP contribution in [0.25, 0.3) is 5.52 Å². The van der Waals surface area contributed by atoms with E-state index in [0.717, 1.165) is 0 Å². The fourth-order valence-corrected chi connectivity index (χ4v) is 1.31. The van der Waals surface area contributed by atoms with Gasteiger partial charge in [0.05, 0.1) is 0 Å². The third kappa shape index (κ3) is 1.85. The molecule has 0 bridgehead atoms. The highest BCUT2D eigenvalue weighted by Crippen LogP contribution is 2.01. The zero-order valence-corrected chi connectivity index (χ0v) is 8.40. The molecule has 0 aliphatic rings. The maximum atomic E-state index is 11.6. The molecule has 0 radical (unpaired) electrons. The Kier molecular flexibility index (Phi) is 3.11. The fraction of sp³-hybridized carbons (Fsp3) is 0. The van der Waals surface area contributed by atoms with Crippen LogP contribution < -0.4 is 5.56 Å². The number of aromatic carboxylic acids is 1. The van der Waals surface area contributed by atoms with E-state index in [4.69, 9.17) is 5.11 Å². The van der Waals surface area contributed by atoms with Gasteiger partial charge < -0.3 is 5.11 Å². The monoisotopic (exact) mass is 225 g/mol. The second-order valence-electron chi connectivity index (χ2n) is 2.85. The Balaban J connectivity index is 0.00000112. The SMILES string of the molecule is Cl.O=C(O)c1ccc2ccccn2c1=O. The van der Waals surface area contributed by atoms with Crippen molar-refractivity contribution in [1.29, 1.82) is 0 Å². The van der Waals surface area contributed by atoms with Crippen molar-refractivity contribution < 1.29 is 9.90 Å². The number of hydrogen-bond acceptors (Lipinski definition) is 2. The van der Waals surface area contributed by atoms with Gasteiger partial charge in [-0.1, -0.05) is 6.07 Å². The van der Waals surface area contributed by atoms with E-state index in [1.807, 2.05) is 0 Å². The summed E-state index contributed by atoms with van der Waals surface area (Å²) in [6.07, 6.45) is 1.55.